The Morgan fingerprint density at radius 2 is 1.85 bits per heavy atom. The molecule has 34 heavy (non-hydrogen) atoms. The van der Waals surface area contributed by atoms with E-state index in [1.165, 1.54) is 0 Å². The number of rotatable bonds is 6. The van der Waals surface area contributed by atoms with Gasteiger partial charge in [0, 0.05) is 30.4 Å². The minimum absolute atomic E-state index is 0.181. The van der Waals surface area contributed by atoms with E-state index < -0.39 is 0 Å². The van der Waals surface area contributed by atoms with Crippen LogP contribution in [-0.2, 0) is 0 Å². The molecule has 0 saturated carbocycles. The van der Waals surface area contributed by atoms with Crippen molar-refractivity contribution in [3.8, 4) is 17.3 Å². The Morgan fingerprint density at radius 3 is 2.56 bits per heavy atom. The third kappa shape index (κ3) is 3.86. The fraction of sp³-hybridized carbons (Fsp3) is 0.192. The average Bonchev–Trinajstić information content (AvgIpc) is 3.49. The number of thiocarbonyl (C=S) groups is 1. The standard InChI is InChI=1S/C26H25N5O2S/c1-17-9-12-23(28-16-17)30-14-6-8-21(30)25-24(19-7-4-5-13-27-19)29-26(34)31(25)20-11-10-18(32-2)15-22(20)33-3/h4-16,24-25H,1-3H3,(H,29,34)/t24-,25+/m1/s1. The van der Waals surface area contributed by atoms with Gasteiger partial charge in [0.05, 0.1) is 31.6 Å². The Labute approximate surface area is 204 Å². The molecule has 0 aliphatic carbocycles. The lowest BCUT2D eigenvalue weighted by atomic mass is 10.0. The lowest BCUT2D eigenvalue weighted by Gasteiger charge is -2.30. The molecule has 1 fully saturated rings. The van der Waals surface area contributed by atoms with Gasteiger partial charge in [-0.25, -0.2) is 4.98 Å². The molecule has 0 bridgehead atoms. The van der Waals surface area contributed by atoms with E-state index in [0.29, 0.717) is 16.6 Å². The molecule has 2 atom stereocenters. The topological polar surface area (TPSA) is 64.4 Å². The Kier molecular flexibility index (Phi) is 5.90. The Bertz CT molecular complexity index is 1310. The highest BCUT2D eigenvalue weighted by Crippen LogP contribution is 2.45. The summed E-state index contributed by atoms with van der Waals surface area (Å²) in [6, 6.07) is 19.5. The normalized spacial score (nSPS) is 17.5. The largest absolute Gasteiger partial charge is 0.497 e. The first kappa shape index (κ1) is 21.9. The van der Waals surface area contributed by atoms with Gasteiger partial charge < -0.3 is 24.3 Å². The van der Waals surface area contributed by atoms with Crippen LogP contribution in [0.1, 0.15) is 29.0 Å². The van der Waals surface area contributed by atoms with Crippen LogP contribution in [0.5, 0.6) is 11.5 Å². The number of nitrogens with zero attached hydrogens (tertiary/aromatic N) is 4. The Hall–Kier alpha value is -3.91. The van der Waals surface area contributed by atoms with Crippen molar-refractivity contribution in [2.45, 2.75) is 19.0 Å². The van der Waals surface area contributed by atoms with Gasteiger partial charge in [0.25, 0.3) is 0 Å². The number of methoxy groups -OCH3 is 2. The van der Waals surface area contributed by atoms with Crippen molar-refractivity contribution >= 4 is 23.0 Å². The van der Waals surface area contributed by atoms with Gasteiger partial charge in [-0.05, 0) is 67.2 Å². The monoisotopic (exact) mass is 471 g/mol. The van der Waals surface area contributed by atoms with E-state index >= 15 is 0 Å². The van der Waals surface area contributed by atoms with Gasteiger partial charge in [-0.15, -0.1) is 0 Å². The van der Waals surface area contributed by atoms with Crippen LogP contribution in [0.25, 0.3) is 5.82 Å². The molecule has 4 aromatic rings. The van der Waals surface area contributed by atoms with Crippen LogP contribution in [0.4, 0.5) is 5.69 Å². The summed E-state index contributed by atoms with van der Waals surface area (Å²) in [6.07, 6.45) is 5.69. The second-order valence-corrected chi connectivity index (χ2v) is 8.42. The first-order chi connectivity index (χ1) is 16.6. The van der Waals surface area contributed by atoms with Crippen LogP contribution in [0.15, 0.2) is 79.3 Å². The van der Waals surface area contributed by atoms with Crippen LogP contribution in [-0.4, -0.2) is 33.9 Å². The van der Waals surface area contributed by atoms with E-state index in [0.717, 1.165) is 28.5 Å². The molecular weight excluding hydrogens is 446 g/mol. The van der Waals surface area contributed by atoms with E-state index in [9.17, 15) is 0 Å². The predicted octanol–water partition coefficient (Wildman–Crippen LogP) is 4.77. The fourth-order valence-corrected chi connectivity index (χ4v) is 4.68. The number of hydrogen-bond acceptors (Lipinski definition) is 5. The summed E-state index contributed by atoms with van der Waals surface area (Å²) in [4.78, 5) is 11.4. The second-order valence-electron chi connectivity index (χ2n) is 8.03. The molecule has 8 heteroatoms. The van der Waals surface area contributed by atoms with Crippen molar-refractivity contribution in [2.24, 2.45) is 0 Å². The number of anilines is 1. The third-order valence-corrected chi connectivity index (χ3v) is 6.28. The second kappa shape index (κ2) is 9.15. The lowest BCUT2D eigenvalue weighted by molar-refractivity contribution is 0.394. The molecule has 1 aliphatic heterocycles. The highest BCUT2D eigenvalue weighted by Gasteiger charge is 2.43. The third-order valence-electron chi connectivity index (χ3n) is 5.97. The van der Waals surface area contributed by atoms with Crippen LogP contribution in [0.2, 0.25) is 0 Å². The van der Waals surface area contributed by atoms with E-state index in [2.05, 4.69) is 36.9 Å². The van der Waals surface area contributed by atoms with Crippen molar-refractivity contribution in [3.63, 3.8) is 0 Å². The summed E-state index contributed by atoms with van der Waals surface area (Å²) in [5.41, 5.74) is 3.87. The van der Waals surface area contributed by atoms with Crippen LogP contribution in [0, 0.1) is 6.92 Å². The molecule has 0 unspecified atom stereocenters. The molecule has 7 nitrogen and oxygen atoms in total. The first-order valence-electron chi connectivity index (χ1n) is 10.9. The molecular formula is C26H25N5O2S. The Morgan fingerprint density at radius 1 is 0.971 bits per heavy atom. The maximum absolute atomic E-state index is 5.87. The van der Waals surface area contributed by atoms with Crippen LogP contribution in [0.3, 0.4) is 0 Å². The van der Waals surface area contributed by atoms with Gasteiger partial charge in [0.15, 0.2) is 5.11 Å². The molecule has 3 aromatic heterocycles. The summed E-state index contributed by atoms with van der Waals surface area (Å²) in [5.74, 6) is 2.22. The zero-order chi connectivity index (χ0) is 23.7. The molecule has 4 heterocycles. The summed E-state index contributed by atoms with van der Waals surface area (Å²) in [6.45, 7) is 2.03. The maximum atomic E-state index is 5.87. The van der Waals surface area contributed by atoms with Gasteiger partial charge >= 0.3 is 0 Å². The molecule has 1 aliphatic rings. The number of aromatic nitrogens is 3. The summed E-state index contributed by atoms with van der Waals surface area (Å²) in [5, 5.41) is 4.09. The van der Waals surface area contributed by atoms with E-state index in [1.807, 2.05) is 67.8 Å². The molecule has 5 rings (SSSR count). The van der Waals surface area contributed by atoms with Gasteiger partial charge in [0.2, 0.25) is 0 Å². The summed E-state index contributed by atoms with van der Waals surface area (Å²) in [7, 11) is 3.28. The number of nitrogens with one attached hydrogen (secondary N) is 1. The zero-order valence-corrected chi connectivity index (χ0v) is 20.0. The zero-order valence-electron chi connectivity index (χ0n) is 19.2. The fourth-order valence-electron chi connectivity index (χ4n) is 4.35. The van der Waals surface area contributed by atoms with E-state index in [1.54, 1.807) is 20.4 Å². The predicted molar refractivity (Wildman–Crippen MR) is 136 cm³/mol. The highest BCUT2D eigenvalue weighted by molar-refractivity contribution is 7.80. The lowest BCUT2D eigenvalue weighted by Crippen LogP contribution is -2.30. The van der Waals surface area contributed by atoms with E-state index in [4.69, 9.17) is 21.7 Å². The SMILES string of the molecule is COc1ccc(N2C(=S)N[C@H](c3ccccn3)[C@@H]2c2cccn2-c2ccc(C)cn2)c(OC)c1. The highest BCUT2D eigenvalue weighted by atomic mass is 32.1. The summed E-state index contributed by atoms with van der Waals surface area (Å²) >= 11 is 5.87. The minimum Gasteiger partial charge on any atom is -0.497 e. The molecule has 0 amide bonds. The van der Waals surface area contributed by atoms with E-state index in [-0.39, 0.29) is 12.1 Å². The summed E-state index contributed by atoms with van der Waals surface area (Å²) < 4.78 is 13.2. The number of pyridine rings is 2. The minimum atomic E-state index is -0.206. The molecule has 0 spiro atoms. The quantitative estimate of drug-likeness (QED) is 0.407. The molecule has 1 N–H and O–H groups in total. The van der Waals surface area contributed by atoms with Crippen LogP contribution >= 0.6 is 12.2 Å². The van der Waals surface area contributed by atoms with Gasteiger partial charge in [-0.1, -0.05) is 12.1 Å². The number of hydrogen-bond donors (Lipinski definition) is 1. The molecule has 172 valence electrons. The van der Waals surface area contributed by atoms with Gasteiger partial charge in [-0.3, -0.25) is 4.98 Å². The first-order valence-corrected chi connectivity index (χ1v) is 11.3. The van der Waals surface area contributed by atoms with Crippen LogP contribution < -0.4 is 19.7 Å². The maximum Gasteiger partial charge on any atom is 0.174 e. The molecule has 1 saturated heterocycles. The number of benzene rings is 1. The smallest absolute Gasteiger partial charge is 0.174 e. The van der Waals surface area contributed by atoms with Gasteiger partial charge in [0.1, 0.15) is 23.4 Å². The average molecular weight is 472 g/mol. The van der Waals surface area contributed by atoms with Gasteiger partial charge in [-0.2, -0.15) is 0 Å². The molecule has 0 radical (unpaired) electrons. The Balaban J connectivity index is 1.68. The number of aryl methyl sites for hydroxylation is 1. The molecule has 1 aromatic carbocycles. The van der Waals surface area contributed by atoms with Crippen molar-refractivity contribution in [1.82, 2.24) is 19.9 Å². The van der Waals surface area contributed by atoms with Crippen molar-refractivity contribution in [1.29, 1.82) is 0 Å². The van der Waals surface area contributed by atoms with Crippen molar-refractivity contribution < 1.29 is 9.47 Å². The van der Waals surface area contributed by atoms with Crippen molar-refractivity contribution in [2.75, 3.05) is 19.1 Å². The number of ether oxygens (including phenoxy) is 2. The van der Waals surface area contributed by atoms with Crippen molar-refractivity contribution in [3.05, 3.63) is 96.2 Å².